The van der Waals surface area contributed by atoms with E-state index in [0.29, 0.717) is 80.1 Å². The molecule has 0 amide bonds. The number of benzene rings is 1. The van der Waals surface area contributed by atoms with Crippen LogP contribution in [0.15, 0.2) is 53.6 Å². The maximum atomic E-state index is 13.6. The molecule has 2 aliphatic heterocycles. The Kier molecular flexibility index (Phi) is 13.6. The summed E-state index contributed by atoms with van der Waals surface area (Å²) < 4.78 is 5.38. The van der Waals surface area contributed by atoms with Crippen molar-refractivity contribution in [1.82, 2.24) is 15.6 Å². The fraction of sp³-hybridized carbons (Fsp3) is 0.581. The Hall–Kier alpha value is -4.08. The van der Waals surface area contributed by atoms with Crippen molar-refractivity contribution in [3.05, 3.63) is 70.3 Å². The number of hydrogen-bond acceptors (Lipinski definition) is 10. The number of aromatic hydroxyl groups is 1. The third-order valence-corrected chi connectivity index (χ3v) is 12.1. The number of phenols is 1. The fourth-order valence-electron chi connectivity index (χ4n) is 8.87. The number of carbonyl (C=O) groups is 2. The Labute approximate surface area is 318 Å². The number of aliphatic hydroxyl groups excluding tert-OH is 3. The first-order valence-corrected chi connectivity index (χ1v) is 19.8. The number of aromatic nitrogens is 1. The minimum atomic E-state index is -1.14. The number of H-pyrrole nitrogens is 1. The quantitative estimate of drug-likeness (QED) is 0.0977. The molecule has 4 aliphatic rings. The van der Waals surface area contributed by atoms with Crippen LogP contribution in [0.2, 0.25) is 0 Å². The highest BCUT2D eigenvalue weighted by atomic mass is 16.5. The average molecular weight is 743 g/mol. The number of aliphatic hydroxyl groups is 3. The number of Topliss-reactive ketones (excluding diaryl/α,β-unsaturated/α-hetero) is 2. The molecule has 9 N–H and O–H groups in total. The third kappa shape index (κ3) is 10.2. The number of piperidine rings is 1. The van der Waals surface area contributed by atoms with E-state index in [2.05, 4.69) is 27.5 Å². The summed E-state index contributed by atoms with van der Waals surface area (Å²) >= 11 is 0. The number of nitrogens with two attached hydrogens (primary N) is 1. The molecule has 0 radical (unpaired) electrons. The second-order valence-corrected chi connectivity index (χ2v) is 15.9. The summed E-state index contributed by atoms with van der Waals surface area (Å²) in [6.45, 7) is 1.53. The van der Waals surface area contributed by atoms with Crippen molar-refractivity contribution < 1.29 is 34.8 Å². The summed E-state index contributed by atoms with van der Waals surface area (Å²) in [5.74, 6) is 6.94. The van der Waals surface area contributed by atoms with Crippen LogP contribution in [0.4, 0.5) is 0 Å². The van der Waals surface area contributed by atoms with E-state index in [0.717, 1.165) is 61.8 Å². The summed E-state index contributed by atoms with van der Waals surface area (Å²) in [5.41, 5.74) is 10.9. The van der Waals surface area contributed by atoms with Gasteiger partial charge in [0.1, 0.15) is 11.7 Å². The highest BCUT2D eigenvalue weighted by Gasteiger charge is 2.35. The van der Waals surface area contributed by atoms with E-state index in [1.54, 1.807) is 12.1 Å². The Bertz CT molecular complexity index is 1740. The Balaban J connectivity index is 1.10. The largest absolute Gasteiger partial charge is 0.504 e. The average Bonchev–Trinajstić information content (AvgIpc) is 3.69. The summed E-state index contributed by atoms with van der Waals surface area (Å²) in [6.07, 6.45) is 11.4. The molecule has 0 spiro atoms. The van der Waals surface area contributed by atoms with Crippen molar-refractivity contribution in [3.8, 4) is 23.3 Å². The van der Waals surface area contributed by atoms with Crippen LogP contribution in [0.25, 0.3) is 0 Å². The van der Waals surface area contributed by atoms with E-state index in [-0.39, 0.29) is 30.1 Å². The summed E-state index contributed by atoms with van der Waals surface area (Å²) in [6, 6.07) is 5.65. The highest BCUT2D eigenvalue weighted by Crippen LogP contribution is 2.37. The van der Waals surface area contributed by atoms with Crippen LogP contribution in [0.5, 0.6) is 11.5 Å². The molecule has 8 atom stereocenters. The Morgan fingerprint density at radius 3 is 2.70 bits per heavy atom. The lowest BCUT2D eigenvalue weighted by Gasteiger charge is -2.39. The van der Waals surface area contributed by atoms with Gasteiger partial charge in [-0.3, -0.25) is 9.59 Å². The second-order valence-electron chi connectivity index (χ2n) is 15.9. The van der Waals surface area contributed by atoms with Gasteiger partial charge in [-0.1, -0.05) is 24.7 Å². The van der Waals surface area contributed by atoms with E-state index in [4.69, 9.17) is 10.5 Å². The first kappa shape index (κ1) is 39.6. The zero-order valence-electron chi connectivity index (χ0n) is 31.5. The molecule has 2 aromatic rings. The number of aryl methyl sites for hydroxylation is 1. The minimum Gasteiger partial charge on any atom is -0.504 e. The van der Waals surface area contributed by atoms with Gasteiger partial charge in [-0.05, 0) is 128 Å². The van der Waals surface area contributed by atoms with Gasteiger partial charge in [-0.25, -0.2) is 0 Å². The van der Waals surface area contributed by atoms with Gasteiger partial charge in [0.25, 0.3) is 0 Å². The predicted molar refractivity (Wildman–Crippen MR) is 206 cm³/mol. The van der Waals surface area contributed by atoms with Crippen LogP contribution in [0.1, 0.15) is 99.7 Å². The number of carbonyl (C=O) groups excluding carboxylic acids is 2. The number of aromatic amines is 1. The van der Waals surface area contributed by atoms with E-state index in [1.165, 1.54) is 12.7 Å². The lowest BCUT2D eigenvalue weighted by Crippen LogP contribution is -2.48. The molecular formula is C43H58N4O7. The first-order valence-electron chi connectivity index (χ1n) is 19.8. The number of ether oxygens (including phenoxy) is 1. The molecule has 1 saturated heterocycles. The number of phenolic OH excluding ortho intramolecular Hbond substituents is 1. The van der Waals surface area contributed by atoms with Crippen LogP contribution in [0.3, 0.4) is 0 Å². The Morgan fingerprint density at radius 1 is 1.06 bits per heavy atom. The fourth-order valence-corrected chi connectivity index (χ4v) is 8.87. The molecule has 11 nitrogen and oxygen atoms in total. The Morgan fingerprint density at radius 2 is 1.91 bits per heavy atom. The monoisotopic (exact) mass is 742 g/mol. The summed E-state index contributed by atoms with van der Waals surface area (Å²) in [5, 5.41) is 51.5. The molecule has 1 aromatic heterocycles. The zero-order chi connectivity index (χ0) is 38.2. The van der Waals surface area contributed by atoms with Crippen molar-refractivity contribution in [3.63, 3.8) is 0 Å². The van der Waals surface area contributed by atoms with Gasteiger partial charge in [0.15, 0.2) is 17.3 Å². The number of hydrogen-bond donors (Lipinski definition) is 8. The molecule has 0 bridgehead atoms. The van der Waals surface area contributed by atoms with Crippen LogP contribution in [-0.2, 0) is 22.4 Å². The van der Waals surface area contributed by atoms with Gasteiger partial charge in [0.2, 0.25) is 0 Å². The molecule has 3 heterocycles. The second kappa shape index (κ2) is 18.5. The molecule has 292 valence electrons. The number of nitrogens with one attached hydrogen (secondary N) is 3. The van der Waals surface area contributed by atoms with Crippen LogP contribution in [-0.4, -0.2) is 81.5 Å². The van der Waals surface area contributed by atoms with Crippen molar-refractivity contribution in [1.29, 1.82) is 0 Å². The first-order chi connectivity index (χ1) is 26.1. The van der Waals surface area contributed by atoms with Gasteiger partial charge in [-0.15, -0.1) is 0 Å². The van der Waals surface area contributed by atoms with Crippen LogP contribution in [0, 0.1) is 29.6 Å². The molecule has 11 heteroatoms. The lowest BCUT2D eigenvalue weighted by atomic mass is 9.74. The lowest BCUT2D eigenvalue weighted by molar-refractivity contribution is -0.124. The molecule has 1 saturated carbocycles. The van der Waals surface area contributed by atoms with Crippen LogP contribution < -0.4 is 21.1 Å². The minimum absolute atomic E-state index is 0.0712. The summed E-state index contributed by atoms with van der Waals surface area (Å²) in [4.78, 5) is 28.5. The number of allylic oxidation sites excluding steroid dienone is 2. The maximum Gasteiger partial charge on any atom is 0.160 e. The molecule has 2 aliphatic carbocycles. The molecule has 1 aromatic carbocycles. The molecule has 54 heavy (non-hydrogen) atoms. The zero-order valence-corrected chi connectivity index (χ0v) is 31.5. The van der Waals surface area contributed by atoms with Crippen LogP contribution >= 0.6 is 0 Å². The standard InChI is InChI=1S/C43H58N4O7/c1-54-42-19-30-9-12-38(50)34(37(49)5-3-2-4-26-16-31-6-10-33(48)21-36(31)46-24-26)11-7-29(35(30)22-41(42)53)18-40(52)39(51)13-8-28-20-43(44)47-25-32(28)17-27-14-15-45-23-27/h14-15,19-20,22-23,26,29,31,34,36-37,39-40,45-47,49,51-53H,2-6,8-10,12-13,16-18,21,24-25,44H2,1H3. The predicted octanol–water partition coefficient (Wildman–Crippen LogP) is 4.05. The SMILES string of the molecule is COc1cc2c(cc1O)C(CC(O)C(O)CCC1=C(Cc3cc[nH]c3)CNC(N)=C1)C#CC(C(O)CCCCC1CNC3CC(=O)CCC3C1)C(=O)CC2. The number of dihydropyridines is 1. The van der Waals surface area contributed by atoms with E-state index in [1.807, 2.05) is 24.5 Å². The molecule has 2 fully saturated rings. The van der Waals surface area contributed by atoms with E-state index in [9.17, 15) is 30.0 Å². The number of methoxy groups -OCH3 is 1. The van der Waals surface area contributed by atoms with Crippen molar-refractivity contribution in [2.24, 2.45) is 23.5 Å². The number of unbranched alkanes of at least 4 members (excludes halogenated alkanes) is 1. The number of ketones is 2. The molecule has 6 rings (SSSR count). The van der Waals surface area contributed by atoms with Gasteiger partial charge in [-0.2, -0.15) is 0 Å². The van der Waals surface area contributed by atoms with Crippen molar-refractivity contribution in [2.75, 3.05) is 20.2 Å². The van der Waals surface area contributed by atoms with Gasteiger partial charge in [0, 0.05) is 50.2 Å². The number of fused-ring (bicyclic) bond motifs is 2. The van der Waals surface area contributed by atoms with Gasteiger partial charge >= 0.3 is 0 Å². The topological polar surface area (TPSA) is 190 Å². The number of rotatable bonds is 15. The van der Waals surface area contributed by atoms with Gasteiger partial charge < -0.3 is 46.5 Å². The molecule has 8 unspecified atom stereocenters. The smallest absolute Gasteiger partial charge is 0.160 e. The maximum absolute atomic E-state index is 13.6. The van der Waals surface area contributed by atoms with Gasteiger partial charge in [0.05, 0.1) is 31.2 Å². The van der Waals surface area contributed by atoms with E-state index < -0.39 is 30.1 Å². The normalized spacial score (nSPS) is 26.1. The molecular weight excluding hydrogens is 684 g/mol. The summed E-state index contributed by atoms with van der Waals surface area (Å²) in [7, 11) is 1.47. The van der Waals surface area contributed by atoms with E-state index >= 15 is 0 Å². The van der Waals surface area contributed by atoms with Crippen molar-refractivity contribution >= 4 is 11.6 Å². The highest BCUT2D eigenvalue weighted by molar-refractivity contribution is 5.85. The van der Waals surface area contributed by atoms with Crippen molar-refractivity contribution in [2.45, 2.75) is 120 Å². The third-order valence-electron chi connectivity index (χ3n) is 12.1.